The second-order valence-electron chi connectivity index (χ2n) is 6.59. The number of nitrogens with one attached hydrogen (secondary N) is 3. The zero-order chi connectivity index (χ0) is 19.9. The molecule has 0 saturated carbocycles. The number of ketones is 1. The van der Waals surface area contributed by atoms with Crippen molar-refractivity contribution < 1.29 is 19.2 Å². The average Bonchev–Trinajstić information content (AvgIpc) is 2.54. The highest BCUT2D eigenvalue weighted by Gasteiger charge is 2.09. The highest BCUT2D eigenvalue weighted by atomic mass is 32.2. The van der Waals surface area contributed by atoms with Crippen molar-refractivity contribution in [1.29, 1.82) is 0 Å². The molecule has 0 aromatic heterocycles. The molecule has 0 aromatic carbocycles. The monoisotopic (exact) mass is 387 g/mol. The van der Waals surface area contributed by atoms with Gasteiger partial charge >= 0.3 is 0 Å². The largest absolute Gasteiger partial charge is 0.356 e. The van der Waals surface area contributed by atoms with E-state index in [9.17, 15) is 19.2 Å². The molecule has 0 heterocycles. The molecule has 0 saturated heterocycles. The molecule has 0 atom stereocenters. The average molecular weight is 388 g/mol. The molecule has 0 fully saturated rings. The van der Waals surface area contributed by atoms with Crippen molar-refractivity contribution in [2.75, 3.05) is 25.4 Å². The lowest BCUT2D eigenvalue weighted by atomic mass is 10.1. The van der Waals surface area contributed by atoms with Crippen molar-refractivity contribution in [3.63, 3.8) is 0 Å². The lowest BCUT2D eigenvalue weighted by Crippen LogP contribution is -2.34. The Balaban J connectivity index is 3.63. The van der Waals surface area contributed by atoms with Gasteiger partial charge in [-0.1, -0.05) is 27.7 Å². The van der Waals surface area contributed by atoms with Gasteiger partial charge in [-0.2, -0.15) is 11.8 Å². The van der Waals surface area contributed by atoms with Crippen LogP contribution in [-0.2, 0) is 19.2 Å². The van der Waals surface area contributed by atoms with Crippen LogP contribution in [0.4, 0.5) is 0 Å². The zero-order valence-corrected chi connectivity index (χ0v) is 17.2. The van der Waals surface area contributed by atoms with Gasteiger partial charge in [0.05, 0.1) is 0 Å². The van der Waals surface area contributed by atoms with Crippen molar-refractivity contribution in [3.8, 4) is 0 Å². The van der Waals surface area contributed by atoms with E-state index in [1.807, 2.05) is 13.8 Å². The van der Waals surface area contributed by atoms with Crippen molar-refractivity contribution in [3.05, 3.63) is 0 Å². The second kappa shape index (κ2) is 14.6. The van der Waals surface area contributed by atoms with Crippen LogP contribution in [0.5, 0.6) is 0 Å². The molecule has 3 N–H and O–H groups in total. The van der Waals surface area contributed by atoms with Crippen LogP contribution < -0.4 is 16.0 Å². The first kappa shape index (κ1) is 24.4. The summed E-state index contributed by atoms with van der Waals surface area (Å²) in [7, 11) is 0. The van der Waals surface area contributed by atoms with Gasteiger partial charge in [-0.05, 0) is 5.25 Å². The third kappa shape index (κ3) is 14.7. The number of amides is 3. The van der Waals surface area contributed by atoms with Gasteiger partial charge in [0.15, 0.2) is 0 Å². The normalized spacial score (nSPS) is 10.7. The molecule has 0 bridgehead atoms. The fraction of sp³-hybridized carbons (Fsp3) is 0.778. The highest BCUT2D eigenvalue weighted by Crippen LogP contribution is 2.09. The van der Waals surface area contributed by atoms with Crippen LogP contribution in [0, 0.1) is 5.92 Å². The first-order valence-corrected chi connectivity index (χ1v) is 10.2. The number of Topliss-reactive ketones (excluding diaryl/α,β-unsaturated/α-hetero) is 1. The predicted octanol–water partition coefficient (Wildman–Crippen LogP) is 1.26. The van der Waals surface area contributed by atoms with Crippen molar-refractivity contribution in [2.24, 2.45) is 5.92 Å². The zero-order valence-electron chi connectivity index (χ0n) is 16.4. The van der Waals surface area contributed by atoms with Gasteiger partial charge in [-0.25, -0.2) is 0 Å². The van der Waals surface area contributed by atoms with Gasteiger partial charge in [0.2, 0.25) is 17.7 Å². The molecule has 0 unspecified atom stereocenters. The van der Waals surface area contributed by atoms with Crippen LogP contribution in [0.3, 0.4) is 0 Å². The maximum atomic E-state index is 11.6. The maximum Gasteiger partial charge on any atom is 0.221 e. The summed E-state index contributed by atoms with van der Waals surface area (Å²) in [5.74, 6) is 0.404. The fourth-order valence-corrected chi connectivity index (χ4v) is 2.67. The first-order chi connectivity index (χ1) is 12.2. The molecule has 0 aromatic rings. The number of carbonyl (C=O) groups excluding carboxylic acids is 4. The Kier molecular flexibility index (Phi) is 13.7. The van der Waals surface area contributed by atoms with Crippen molar-refractivity contribution >= 4 is 35.3 Å². The Morgan fingerprint density at radius 1 is 0.692 bits per heavy atom. The molecule has 0 aliphatic heterocycles. The van der Waals surface area contributed by atoms with E-state index < -0.39 is 0 Å². The van der Waals surface area contributed by atoms with Gasteiger partial charge < -0.3 is 16.0 Å². The quantitative estimate of drug-likeness (QED) is 0.416. The van der Waals surface area contributed by atoms with Crippen molar-refractivity contribution in [1.82, 2.24) is 16.0 Å². The summed E-state index contributed by atoms with van der Waals surface area (Å²) >= 11 is 1.72. The molecular weight excluding hydrogens is 354 g/mol. The van der Waals surface area contributed by atoms with Crippen LogP contribution in [0.15, 0.2) is 0 Å². The molecular formula is C18H33N3O4S. The standard InChI is InChI=1S/C18H33N3O4S/c1-13(2)15(22)5-9-19-16(23)6-10-20-17(24)7-11-21-18(25)8-12-26-14(3)4/h13-14H,5-12H2,1-4H3,(H,19,23)(H,20,24)(H,21,25). The highest BCUT2D eigenvalue weighted by molar-refractivity contribution is 7.99. The van der Waals surface area contributed by atoms with Gasteiger partial charge in [0, 0.05) is 57.0 Å². The van der Waals surface area contributed by atoms with Crippen LogP contribution in [0.1, 0.15) is 53.4 Å². The number of hydrogen-bond donors (Lipinski definition) is 3. The lowest BCUT2D eigenvalue weighted by molar-refractivity contribution is -0.123. The number of thioether (sulfide) groups is 1. The summed E-state index contributed by atoms with van der Waals surface area (Å²) in [5.41, 5.74) is 0. The van der Waals surface area contributed by atoms with E-state index in [0.29, 0.717) is 31.2 Å². The Morgan fingerprint density at radius 2 is 1.12 bits per heavy atom. The molecule has 0 spiro atoms. The Hall–Kier alpha value is -1.57. The van der Waals surface area contributed by atoms with Gasteiger partial charge in [-0.3, -0.25) is 19.2 Å². The first-order valence-electron chi connectivity index (χ1n) is 9.16. The van der Waals surface area contributed by atoms with Crippen LogP contribution in [-0.4, -0.2) is 54.1 Å². The minimum absolute atomic E-state index is 0.0272. The SMILES string of the molecule is CC(C)SCCC(=O)NCCC(=O)NCCC(=O)NCCC(=O)C(C)C. The van der Waals surface area contributed by atoms with E-state index in [2.05, 4.69) is 29.8 Å². The molecule has 150 valence electrons. The van der Waals surface area contributed by atoms with Gasteiger partial charge in [-0.15, -0.1) is 0 Å². The Bertz CT molecular complexity index is 467. The summed E-state index contributed by atoms with van der Waals surface area (Å²) in [6, 6.07) is 0. The van der Waals surface area contributed by atoms with Crippen LogP contribution in [0.25, 0.3) is 0 Å². The maximum absolute atomic E-state index is 11.6. The molecule has 3 amide bonds. The smallest absolute Gasteiger partial charge is 0.221 e. The van der Waals surface area contributed by atoms with Gasteiger partial charge in [0.1, 0.15) is 5.78 Å². The molecule has 0 radical (unpaired) electrons. The van der Waals surface area contributed by atoms with Gasteiger partial charge in [0.25, 0.3) is 0 Å². The summed E-state index contributed by atoms with van der Waals surface area (Å²) < 4.78 is 0. The van der Waals surface area contributed by atoms with E-state index in [-0.39, 0.29) is 48.8 Å². The minimum atomic E-state index is -0.204. The van der Waals surface area contributed by atoms with Crippen molar-refractivity contribution in [2.45, 2.75) is 58.6 Å². The predicted molar refractivity (Wildman–Crippen MR) is 105 cm³/mol. The van der Waals surface area contributed by atoms with Crippen LogP contribution >= 0.6 is 11.8 Å². The summed E-state index contributed by atoms with van der Waals surface area (Å²) in [4.78, 5) is 46.2. The van der Waals surface area contributed by atoms with E-state index >= 15 is 0 Å². The molecule has 8 heteroatoms. The third-order valence-corrected chi connectivity index (χ3v) is 4.57. The molecule has 0 rings (SSSR count). The van der Waals surface area contributed by atoms with E-state index in [0.717, 1.165) is 5.75 Å². The topological polar surface area (TPSA) is 104 Å². The molecule has 7 nitrogen and oxygen atoms in total. The molecule has 0 aliphatic rings. The summed E-state index contributed by atoms with van der Waals surface area (Å²) in [5, 5.41) is 8.51. The number of carbonyl (C=O) groups is 4. The molecule has 0 aliphatic carbocycles. The third-order valence-electron chi connectivity index (χ3n) is 3.47. The Labute approximate surface area is 160 Å². The minimum Gasteiger partial charge on any atom is -0.356 e. The summed E-state index contributed by atoms with van der Waals surface area (Å²) in [6.07, 6.45) is 1.13. The second-order valence-corrected chi connectivity index (χ2v) is 8.27. The molecule has 26 heavy (non-hydrogen) atoms. The van der Waals surface area contributed by atoms with E-state index in [1.54, 1.807) is 11.8 Å². The van der Waals surface area contributed by atoms with E-state index in [4.69, 9.17) is 0 Å². The Morgan fingerprint density at radius 3 is 1.54 bits per heavy atom. The van der Waals surface area contributed by atoms with E-state index in [1.165, 1.54) is 0 Å². The summed E-state index contributed by atoms with van der Waals surface area (Å²) in [6.45, 7) is 8.67. The lowest BCUT2D eigenvalue weighted by Gasteiger charge is -2.08. The fourth-order valence-electron chi connectivity index (χ4n) is 1.90. The number of hydrogen-bond acceptors (Lipinski definition) is 5. The van der Waals surface area contributed by atoms with Crippen LogP contribution in [0.2, 0.25) is 0 Å². The number of rotatable bonds is 14.